The molecule has 0 aliphatic heterocycles. The number of rotatable bonds is 28. The van der Waals surface area contributed by atoms with Crippen molar-refractivity contribution in [1.29, 1.82) is 0 Å². The molecule has 0 aromatic carbocycles. The number of ether oxygens (including phenoxy) is 2. The van der Waals surface area contributed by atoms with Crippen molar-refractivity contribution in [3.63, 3.8) is 0 Å². The fourth-order valence-electron chi connectivity index (χ4n) is 3.60. The minimum atomic E-state index is -1.30. The second kappa shape index (κ2) is 26.7. The molecule has 2 amide bonds. The van der Waals surface area contributed by atoms with Crippen molar-refractivity contribution in [2.75, 3.05) is 44.5 Å². The first kappa shape index (κ1) is 36.1. The first-order chi connectivity index (χ1) is 18.4. The van der Waals surface area contributed by atoms with Crippen LogP contribution in [0.25, 0.3) is 0 Å². The molecule has 0 radical (unpaired) electrons. The molecule has 1 atom stereocenters. The van der Waals surface area contributed by atoms with Crippen molar-refractivity contribution < 1.29 is 38.9 Å². The third-order valence-electron chi connectivity index (χ3n) is 5.79. The molecular weight excluding hydrogens is 512 g/mol. The maximum Gasteiger partial charge on any atom is 0.326 e. The van der Waals surface area contributed by atoms with E-state index in [9.17, 15) is 19.2 Å². The van der Waals surface area contributed by atoms with Gasteiger partial charge in [-0.1, -0.05) is 58.3 Å². The normalized spacial score (nSPS) is 11.7. The van der Waals surface area contributed by atoms with Crippen LogP contribution in [0.4, 0.5) is 0 Å². The van der Waals surface area contributed by atoms with Gasteiger partial charge >= 0.3 is 11.9 Å². The zero-order chi connectivity index (χ0) is 28.3. The number of aliphatic carboxylic acids is 2. The molecule has 0 aromatic heterocycles. The zero-order valence-electron chi connectivity index (χ0n) is 23.2. The van der Waals surface area contributed by atoms with Crippen LogP contribution >= 0.6 is 11.8 Å². The fraction of sp³-hybridized carbons (Fsp3) is 0.852. The summed E-state index contributed by atoms with van der Waals surface area (Å²) in [5.74, 6) is -0.526. The minimum Gasteiger partial charge on any atom is -0.481 e. The topological polar surface area (TPSA) is 151 Å². The zero-order valence-corrected chi connectivity index (χ0v) is 24.0. The molecule has 10 nitrogen and oxygen atoms in total. The van der Waals surface area contributed by atoms with Gasteiger partial charge in [-0.3, -0.25) is 14.4 Å². The van der Waals surface area contributed by atoms with E-state index in [1.807, 2.05) is 0 Å². The maximum atomic E-state index is 11.9. The molecule has 11 heteroatoms. The van der Waals surface area contributed by atoms with E-state index in [0.29, 0.717) is 19.6 Å². The third-order valence-corrected chi connectivity index (χ3v) is 6.94. The first-order valence-electron chi connectivity index (χ1n) is 14.1. The van der Waals surface area contributed by atoms with Crippen LogP contribution in [-0.4, -0.2) is 84.5 Å². The average Bonchev–Trinajstić information content (AvgIpc) is 2.87. The van der Waals surface area contributed by atoms with Crippen molar-refractivity contribution in [2.45, 2.75) is 103 Å². The summed E-state index contributed by atoms with van der Waals surface area (Å²) in [5.41, 5.74) is 0. The average molecular weight is 563 g/mol. The number of unbranched alkanes of at least 4 members (excludes halogenated alkanes) is 9. The van der Waals surface area contributed by atoms with Gasteiger partial charge in [0, 0.05) is 19.4 Å². The molecule has 0 spiro atoms. The Morgan fingerprint density at radius 2 is 1.34 bits per heavy atom. The predicted molar refractivity (Wildman–Crippen MR) is 149 cm³/mol. The Bertz CT molecular complexity index is 636. The van der Waals surface area contributed by atoms with Crippen LogP contribution in [0.1, 0.15) is 96.8 Å². The second-order valence-electron chi connectivity index (χ2n) is 9.30. The van der Waals surface area contributed by atoms with E-state index in [1.54, 1.807) is 0 Å². The molecule has 0 saturated heterocycles. The largest absolute Gasteiger partial charge is 0.481 e. The van der Waals surface area contributed by atoms with E-state index in [1.165, 1.54) is 69.3 Å². The number of nitrogens with one attached hydrogen (secondary N) is 2. The smallest absolute Gasteiger partial charge is 0.326 e. The van der Waals surface area contributed by atoms with Crippen molar-refractivity contribution in [3.05, 3.63) is 0 Å². The van der Waals surface area contributed by atoms with Gasteiger partial charge in [-0.05, 0) is 37.2 Å². The number of carbonyl (C=O) groups excluding carboxylic acids is 2. The second-order valence-corrected chi connectivity index (χ2v) is 10.5. The Balaban J connectivity index is 3.45. The van der Waals surface area contributed by atoms with Gasteiger partial charge < -0.3 is 30.3 Å². The molecule has 4 N–H and O–H groups in total. The van der Waals surface area contributed by atoms with E-state index in [0.717, 1.165) is 12.8 Å². The van der Waals surface area contributed by atoms with Gasteiger partial charge in [-0.2, -0.15) is 11.8 Å². The SMILES string of the molecule is CCCCCCCCSCCCCCCCC(=O)NCCOCCOCC(=O)NC(CCC(=O)O)C(=O)O. The van der Waals surface area contributed by atoms with Gasteiger partial charge in [0.15, 0.2) is 0 Å². The summed E-state index contributed by atoms with van der Waals surface area (Å²) < 4.78 is 10.5. The van der Waals surface area contributed by atoms with Crippen molar-refractivity contribution in [2.24, 2.45) is 0 Å². The Morgan fingerprint density at radius 1 is 0.737 bits per heavy atom. The van der Waals surface area contributed by atoms with Gasteiger partial charge in [-0.15, -0.1) is 0 Å². The van der Waals surface area contributed by atoms with Crippen LogP contribution in [-0.2, 0) is 28.7 Å². The molecule has 0 aromatic rings. The molecule has 0 heterocycles. The van der Waals surface area contributed by atoms with Crippen LogP contribution in [0.5, 0.6) is 0 Å². The van der Waals surface area contributed by atoms with Gasteiger partial charge in [0.25, 0.3) is 0 Å². The summed E-state index contributed by atoms with van der Waals surface area (Å²) >= 11 is 2.07. The van der Waals surface area contributed by atoms with Crippen molar-refractivity contribution in [3.8, 4) is 0 Å². The predicted octanol–water partition coefficient (Wildman–Crippen LogP) is 4.00. The maximum absolute atomic E-state index is 11.9. The Morgan fingerprint density at radius 3 is 1.97 bits per heavy atom. The lowest BCUT2D eigenvalue weighted by molar-refractivity contribution is -0.143. The van der Waals surface area contributed by atoms with Crippen molar-refractivity contribution >= 4 is 35.5 Å². The monoisotopic (exact) mass is 562 g/mol. The molecule has 222 valence electrons. The molecule has 0 aliphatic carbocycles. The first-order valence-corrected chi connectivity index (χ1v) is 15.3. The van der Waals surface area contributed by atoms with Crippen molar-refractivity contribution in [1.82, 2.24) is 10.6 Å². The summed E-state index contributed by atoms with van der Waals surface area (Å²) in [7, 11) is 0. The lowest BCUT2D eigenvalue weighted by atomic mass is 10.1. The van der Waals surface area contributed by atoms with E-state index < -0.39 is 23.9 Å². The fourth-order valence-corrected chi connectivity index (χ4v) is 4.62. The Kier molecular flexibility index (Phi) is 25.4. The summed E-state index contributed by atoms with van der Waals surface area (Å²) in [6.07, 6.45) is 13.7. The molecular formula is C27H50N2O8S. The molecule has 1 unspecified atom stereocenters. The number of hydrogen-bond donors (Lipinski definition) is 4. The molecule has 0 saturated carbocycles. The summed E-state index contributed by atoms with van der Waals surface area (Å²) in [6, 6.07) is -1.27. The number of hydrogen-bond acceptors (Lipinski definition) is 7. The summed E-state index contributed by atoms with van der Waals surface area (Å²) in [5, 5.41) is 22.7. The highest BCUT2D eigenvalue weighted by atomic mass is 32.2. The van der Waals surface area contributed by atoms with E-state index in [2.05, 4.69) is 29.3 Å². The molecule has 0 rings (SSSR count). The number of thioether (sulfide) groups is 1. The van der Waals surface area contributed by atoms with Crippen LogP contribution in [0.2, 0.25) is 0 Å². The summed E-state index contributed by atoms with van der Waals surface area (Å²) in [4.78, 5) is 45.2. The highest BCUT2D eigenvalue weighted by molar-refractivity contribution is 7.99. The van der Waals surface area contributed by atoms with E-state index >= 15 is 0 Å². The highest BCUT2D eigenvalue weighted by Crippen LogP contribution is 2.13. The molecule has 0 fully saturated rings. The minimum absolute atomic E-state index is 0.0203. The number of carboxylic acids is 2. The van der Waals surface area contributed by atoms with Gasteiger partial charge in [-0.25, -0.2) is 4.79 Å². The number of carbonyl (C=O) groups is 4. The van der Waals surface area contributed by atoms with Crippen LogP contribution in [0.3, 0.4) is 0 Å². The highest BCUT2D eigenvalue weighted by Gasteiger charge is 2.20. The van der Waals surface area contributed by atoms with E-state index in [4.69, 9.17) is 19.7 Å². The lowest BCUT2D eigenvalue weighted by Crippen LogP contribution is -2.42. The van der Waals surface area contributed by atoms with Crippen LogP contribution in [0, 0.1) is 0 Å². The quantitative estimate of drug-likeness (QED) is 0.104. The summed E-state index contributed by atoms with van der Waals surface area (Å²) in [6.45, 7) is 2.98. The third kappa shape index (κ3) is 25.8. The van der Waals surface area contributed by atoms with E-state index in [-0.39, 0.29) is 38.6 Å². The number of carboxylic acid groups (broad SMARTS) is 2. The molecule has 0 aliphatic rings. The van der Waals surface area contributed by atoms with Crippen LogP contribution in [0.15, 0.2) is 0 Å². The van der Waals surface area contributed by atoms with Gasteiger partial charge in [0.05, 0.1) is 19.8 Å². The van der Waals surface area contributed by atoms with Crippen LogP contribution < -0.4 is 10.6 Å². The van der Waals surface area contributed by atoms with Gasteiger partial charge in [0.1, 0.15) is 12.6 Å². The Hall–Kier alpha value is -1.85. The standard InChI is InChI=1S/C27H50N2O8S/c1-2-3-4-5-8-11-20-38-21-12-9-6-7-10-13-24(30)28-16-17-36-18-19-37-22-25(31)29-23(27(34)35)14-15-26(32)33/h23H,2-22H2,1H3,(H,28,30)(H,29,31)(H,32,33)(H,34,35). The van der Waals surface area contributed by atoms with Gasteiger partial charge in [0.2, 0.25) is 11.8 Å². The lowest BCUT2D eigenvalue weighted by Gasteiger charge is -2.13. The number of amides is 2. The molecule has 38 heavy (non-hydrogen) atoms. The molecule has 0 bridgehead atoms. The Labute approximate surface area is 232 Å².